The van der Waals surface area contributed by atoms with E-state index in [0.717, 1.165) is 9.92 Å². The predicted octanol–water partition coefficient (Wildman–Crippen LogP) is 3.15. The Bertz CT molecular complexity index is 328. The molecule has 0 aromatic heterocycles. The van der Waals surface area contributed by atoms with Crippen LogP contribution in [-0.4, -0.2) is 11.1 Å². The zero-order valence-corrected chi connectivity index (χ0v) is 9.53. The van der Waals surface area contributed by atoms with Crippen molar-refractivity contribution in [3.63, 3.8) is 0 Å². The fraction of sp³-hybridized carbons (Fsp3) is 0.300. The fourth-order valence-corrected chi connectivity index (χ4v) is 2.41. The smallest absolute Gasteiger partial charge is 0.0916 e. The summed E-state index contributed by atoms with van der Waals surface area (Å²) in [4.78, 5) is 1.04. The van der Waals surface area contributed by atoms with Gasteiger partial charge in [-0.25, -0.2) is 0 Å². The maximum Gasteiger partial charge on any atom is 0.0916 e. The molecule has 0 saturated carbocycles. The van der Waals surface area contributed by atoms with E-state index in [1.54, 1.807) is 11.8 Å². The van der Waals surface area contributed by atoms with E-state index in [2.05, 4.69) is 0 Å². The van der Waals surface area contributed by atoms with Gasteiger partial charge in [-0.2, -0.15) is 0 Å². The van der Waals surface area contributed by atoms with E-state index in [4.69, 9.17) is 22.7 Å². The molecule has 0 bridgehead atoms. The van der Waals surface area contributed by atoms with Crippen LogP contribution in [-0.2, 0) is 0 Å². The number of thioether (sulfide) groups is 1. The molecule has 0 saturated heterocycles. The zero-order valence-electron chi connectivity index (χ0n) is 7.96. The average molecular weight is 229 g/mol. The molecule has 2 nitrogen and oxygen atoms in total. The molecule has 3 N–H and O–H groups in total. The van der Waals surface area contributed by atoms with Crippen molar-refractivity contribution in [1.82, 2.24) is 0 Å². The number of nitrogens with one attached hydrogen (secondary N) is 1. The van der Waals surface area contributed by atoms with Crippen LogP contribution in [0.5, 0.6) is 0 Å². The van der Waals surface area contributed by atoms with Crippen LogP contribution in [0.3, 0.4) is 0 Å². The van der Waals surface area contributed by atoms with E-state index in [0.29, 0.717) is 6.42 Å². The highest BCUT2D eigenvalue weighted by atomic mass is 35.5. The summed E-state index contributed by atoms with van der Waals surface area (Å²) < 4.78 is 0. The molecule has 1 aromatic carbocycles. The molecule has 1 aromatic rings. The van der Waals surface area contributed by atoms with Crippen LogP contribution in [0.15, 0.2) is 29.2 Å². The van der Waals surface area contributed by atoms with Crippen molar-refractivity contribution < 1.29 is 0 Å². The van der Waals surface area contributed by atoms with Crippen LogP contribution in [0.4, 0.5) is 0 Å². The summed E-state index contributed by atoms with van der Waals surface area (Å²) in [6.45, 7) is 2.04. The second-order valence-corrected chi connectivity index (χ2v) is 4.98. The van der Waals surface area contributed by atoms with Crippen LogP contribution in [0.25, 0.3) is 0 Å². The van der Waals surface area contributed by atoms with Gasteiger partial charge in [0.15, 0.2) is 0 Å². The third kappa shape index (κ3) is 3.60. The molecule has 0 heterocycles. The molecule has 1 rings (SSSR count). The average Bonchev–Trinajstić information content (AvgIpc) is 2.07. The molecule has 0 aliphatic heterocycles. The standard InChI is InChI=1S/C10H13ClN2S/c1-7(6-10(12)13)14-9-5-3-2-4-8(9)11/h2-5,7H,6H2,1H3,(H3,12,13). The summed E-state index contributed by atoms with van der Waals surface area (Å²) in [7, 11) is 0. The monoisotopic (exact) mass is 228 g/mol. The first-order valence-corrected chi connectivity index (χ1v) is 5.59. The van der Waals surface area contributed by atoms with Crippen LogP contribution in [0, 0.1) is 5.41 Å². The molecule has 1 unspecified atom stereocenters. The minimum absolute atomic E-state index is 0.219. The molecule has 0 radical (unpaired) electrons. The number of nitrogens with two attached hydrogens (primary N) is 1. The number of hydrogen-bond donors (Lipinski definition) is 2. The predicted molar refractivity (Wildman–Crippen MR) is 63.3 cm³/mol. The van der Waals surface area contributed by atoms with Gasteiger partial charge >= 0.3 is 0 Å². The fourth-order valence-electron chi connectivity index (χ4n) is 1.11. The summed E-state index contributed by atoms with van der Waals surface area (Å²) in [5, 5.41) is 8.22. The van der Waals surface area contributed by atoms with Crippen LogP contribution >= 0.6 is 23.4 Å². The quantitative estimate of drug-likeness (QED) is 0.473. The lowest BCUT2D eigenvalue weighted by molar-refractivity contribution is 0.996. The summed E-state index contributed by atoms with van der Waals surface area (Å²) in [6, 6.07) is 7.70. The lowest BCUT2D eigenvalue weighted by atomic mass is 10.3. The Morgan fingerprint density at radius 3 is 2.79 bits per heavy atom. The second-order valence-electron chi connectivity index (χ2n) is 3.09. The zero-order chi connectivity index (χ0) is 10.6. The molecule has 4 heteroatoms. The highest BCUT2D eigenvalue weighted by Crippen LogP contribution is 2.30. The SMILES string of the molecule is CC(CC(=N)N)Sc1ccccc1Cl. The number of rotatable bonds is 4. The van der Waals surface area contributed by atoms with Crippen molar-refractivity contribution in [2.45, 2.75) is 23.5 Å². The normalized spacial score (nSPS) is 12.4. The third-order valence-corrected chi connectivity index (χ3v) is 3.29. The van der Waals surface area contributed by atoms with E-state index >= 15 is 0 Å². The molecule has 76 valence electrons. The van der Waals surface area contributed by atoms with Gasteiger partial charge in [0.1, 0.15) is 0 Å². The van der Waals surface area contributed by atoms with Crippen molar-refractivity contribution in [3.05, 3.63) is 29.3 Å². The summed E-state index contributed by atoms with van der Waals surface area (Å²) >= 11 is 7.64. The summed E-state index contributed by atoms with van der Waals surface area (Å²) in [5.41, 5.74) is 5.32. The molecular weight excluding hydrogens is 216 g/mol. The Balaban J connectivity index is 2.60. The first kappa shape index (κ1) is 11.4. The van der Waals surface area contributed by atoms with E-state index < -0.39 is 0 Å². The molecule has 0 aliphatic rings. The Morgan fingerprint density at radius 2 is 2.21 bits per heavy atom. The molecule has 0 fully saturated rings. The van der Waals surface area contributed by atoms with Gasteiger partial charge in [-0.15, -0.1) is 11.8 Å². The van der Waals surface area contributed by atoms with Gasteiger partial charge in [-0.3, -0.25) is 5.41 Å². The van der Waals surface area contributed by atoms with Gasteiger partial charge in [-0.1, -0.05) is 30.7 Å². The lowest BCUT2D eigenvalue weighted by Crippen LogP contribution is -2.14. The number of amidine groups is 1. The topological polar surface area (TPSA) is 49.9 Å². The Morgan fingerprint density at radius 1 is 1.57 bits per heavy atom. The Kier molecular flexibility index (Phi) is 4.29. The van der Waals surface area contributed by atoms with Crippen molar-refractivity contribution in [2.75, 3.05) is 0 Å². The molecule has 14 heavy (non-hydrogen) atoms. The highest BCUT2D eigenvalue weighted by molar-refractivity contribution is 8.00. The van der Waals surface area contributed by atoms with Crippen LogP contribution < -0.4 is 5.73 Å². The maximum atomic E-state index is 7.18. The number of halogens is 1. The van der Waals surface area contributed by atoms with Crippen molar-refractivity contribution in [2.24, 2.45) is 5.73 Å². The maximum absolute atomic E-state index is 7.18. The van der Waals surface area contributed by atoms with Gasteiger partial charge in [0.05, 0.1) is 10.9 Å². The minimum Gasteiger partial charge on any atom is -0.388 e. The molecule has 1 atom stereocenters. The minimum atomic E-state index is 0.219. The first-order chi connectivity index (χ1) is 6.59. The molecule has 0 aliphatic carbocycles. The van der Waals surface area contributed by atoms with E-state index in [9.17, 15) is 0 Å². The van der Waals surface area contributed by atoms with E-state index in [1.807, 2.05) is 31.2 Å². The number of hydrogen-bond acceptors (Lipinski definition) is 2. The highest BCUT2D eigenvalue weighted by Gasteiger charge is 2.07. The van der Waals surface area contributed by atoms with Gasteiger partial charge < -0.3 is 5.73 Å². The van der Waals surface area contributed by atoms with Gasteiger partial charge in [0.25, 0.3) is 0 Å². The number of benzene rings is 1. The molecular formula is C10H13ClN2S. The molecule has 0 amide bonds. The van der Waals surface area contributed by atoms with Crippen LogP contribution in [0.1, 0.15) is 13.3 Å². The van der Waals surface area contributed by atoms with Gasteiger partial charge in [0.2, 0.25) is 0 Å². The first-order valence-electron chi connectivity index (χ1n) is 4.33. The second kappa shape index (κ2) is 5.27. The summed E-state index contributed by atoms with van der Waals surface area (Å²) in [5.74, 6) is 0.219. The van der Waals surface area contributed by atoms with Crippen molar-refractivity contribution in [3.8, 4) is 0 Å². The van der Waals surface area contributed by atoms with Gasteiger partial charge in [-0.05, 0) is 12.1 Å². The van der Waals surface area contributed by atoms with Gasteiger partial charge in [0, 0.05) is 16.6 Å². The lowest BCUT2D eigenvalue weighted by Gasteiger charge is -2.10. The Labute approximate surface area is 93.3 Å². The van der Waals surface area contributed by atoms with E-state index in [1.165, 1.54) is 0 Å². The molecule has 0 spiro atoms. The van der Waals surface area contributed by atoms with Crippen molar-refractivity contribution >= 4 is 29.2 Å². The third-order valence-electron chi connectivity index (χ3n) is 1.67. The Hall–Kier alpha value is -0.670. The summed E-state index contributed by atoms with van der Waals surface area (Å²) in [6.07, 6.45) is 0.593. The largest absolute Gasteiger partial charge is 0.388 e. The van der Waals surface area contributed by atoms with E-state index in [-0.39, 0.29) is 11.1 Å². The van der Waals surface area contributed by atoms with Crippen LogP contribution in [0.2, 0.25) is 5.02 Å². The van der Waals surface area contributed by atoms with Crippen molar-refractivity contribution in [1.29, 1.82) is 5.41 Å².